The van der Waals surface area contributed by atoms with E-state index in [1.165, 1.54) is 225 Å². The van der Waals surface area contributed by atoms with Crippen molar-refractivity contribution in [2.24, 2.45) is 17.8 Å². The molecular formula is C80H156O17P2. The van der Waals surface area contributed by atoms with Gasteiger partial charge in [0.25, 0.3) is 0 Å². The van der Waals surface area contributed by atoms with E-state index in [2.05, 4.69) is 48.5 Å². The fourth-order valence-electron chi connectivity index (χ4n) is 12.3. The second kappa shape index (κ2) is 70.4. The van der Waals surface area contributed by atoms with Crippen LogP contribution < -0.4 is 0 Å². The zero-order chi connectivity index (χ0) is 73.0. The Balaban J connectivity index is 5.21. The number of phosphoric ester groups is 2. The second-order valence-corrected chi connectivity index (χ2v) is 32.9. The summed E-state index contributed by atoms with van der Waals surface area (Å²) in [6, 6.07) is 0. The molecule has 0 radical (unpaired) electrons. The van der Waals surface area contributed by atoms with Crippen molar-refractivity contribution < 1.29 is 80.2 Å². The normalized spacial score (nSPS) is 14.3. The summed E-state index contributed by atoms with van der Waals surface area (Å²) < 4.78 is 68.7. The number of ether oxygens (including phenoxy) is 4. The molecular weight excluding hydrogens is 1290 g/mol. The Kier molecular flexibility index (Phi) is 69.0. The minimum atomic E-state index is -4.96. The number of hydrogen-bond acceptors (Lipinski definition) is 15. The maximum atomic E-state index is 13.1. The first-order chi connectivity index (χ1) is 47.8. The highest BCUT2D eigenvalue weighted by Crippen LogP contribution is 2.45. The molecule has 6 atom stereocenters. The van der Waals surface area contributed by atoms with Crippen LogP contribution in [0.2, 0.25) is 0 Å². The maximum absolute atomic E-state index is 13.1. The van der Waals surface area contributed by atoms with Crippen LogP contribution in [0.25, 0.3) is 0 Å². The summed E-state index contributed by atoms with van der Waals surface area (Å²) in [7, 11) is -9.92. The molecule has 19 heteroatoms. The zero-order valence-electron chi connectivity index (χ0n) is 65.0. The molecule has 0 spiro atoms. The summed E-state index contributed by atoms with van der Waals surface area (Å²) in [5.74, 6) is 0.157. The van der Waals surface area contributed by atoms with Crippen LogP contribution in [0, 0.1) is 17.8 Å². The zero-order valence-corrected chi connectivity index (χ0v) is 66.8. The van der Waals surface area contributed by atoms with Crippen molar-refractivity contribution in [1.82, 2.24) is 0 Å². The lowest BCUT2D eigenvalue weighted by Gasteiger charge is -2.21. The van der Waals surface area contributed by atoms with E-state index in [1.807, 2.05) is 0 Å². The summed E-state index contributed by atoms with van der Waals surface area (Å²) in [6.45, 7) is 11.9. The molecule has 0 saturated heterocycles. The second-order valence-electron chi connectivity index (χ2n) is 30.0. The van der Waals surface area contributed by atoms with Gasteiger partial charge in [-0.25, -0.2) is 9.13 Å². The first kappa shape index (κ1) is 97.1. The fourth-order valence-corrected chi connectivity index (χ4v) is 13.9. The van der Waals surface area contributed by atoms with Crippen LogP contribution in [0.15, 0.2) is 0 Å². The third-order valence-corrected chi connectivity index (χ3v) is 20.9. The lowest BCUT2D eigenvalue weighted by molar-refractivity contribution is -0.161. The molecule has 0 fully saturated rings. The van der Waals surface area contributed by atoms with Crippen molar-refractivity contribution in [3.8, 4) is 0 Å². The molecule has 99 heavy (non-hydrogen) atoms. The molecule has 0 aromatic rings. The molecule has 0 aromatic carbocycles. The minimum absolute atomic E-state index is 0.105. The molecule has 0 aromatic heterocycles. The first-order valence-electron chi connectivity index (χ1n) is 41.4. The van der Waals surface area contributed by atoms with Crippen molar-refractivity contribution in [3.63, 3.8) is 0 Å². The summed E-state index contributed by atoms with van der Waals surface area (Å²) in [4.78, 5) is 73.0. The minimum Gasteiger partial charge on any atom is -0.462 e. The Bertz CT molecular complexity index is 1920. The maximum Gasteiger partial charge on any atom is 0.472 e. The van der Waals surface area contributed by atoms with Crippen LogP contribution in [-0.4, -0.2) is 96.7 Å². The van der Waals surface area contributed by atoms with Gasteiger partial charge in [0.2, 0.25) is 0 Å². The SMILES string of the molecule is CCCCCCCCCCCCCCCCCCCCCCCCC(=O)O[C@H](COC(=O)CCCCCCCCCCCCC(C)C)COP(=O)(O)OC[C@@H](O)COP(=O)(O)OC[C@@H](COC(=O)CCCCCCCCCCC(C)CC)OC(=O)CCCCCCCCCCCC(C)C. The standard InChI is InChI=1S/C80H156O17P2/c1-8-10-11-12-13-14-15-16-17-18-19-20-21-22-23-24-25-26-33-42-49-56-63-79(84)96-75(67-90-77(82)61-54-47-40-32-28-27-30-37-44-51-58-71(3)4)69-94-98(86,87)92-65-74(81)66-93-99(88,89)95-70-76(97-80(85)64-57-50-43-34-29-31-38-45-52-59-72(5)6)68-91-78(83)62-55-48-41-36-35-39-46-53-60-73(7)9-2/h71-76,81H,8-70H2,1-7H3,(H,86,87)(H,88,89)/t73?,74-,75-,76-/m1/s1. The average molecular weight is 1450 g/mol. The summed E-state index contributed by atoms with van der Waals surface area (Å²) in [5.41, 5.74) is 0. The third-order valence-electron chi connectivity index (χ3n) is 19.0. The highest BCUT2D eigenvalue weighted by atomic mass is 31.2. The molecule has 17 nitrogen and oxygen atoms in total. The van der Waals surface area contributed by atoms with Gasteiger partial charge < -0.3 is 33.8 Å². The van der Waals surface area contributed by atoms with Gasteiger partial charge in [-0.3, -0.25) is 37.3 Å². The number of rotatable bonds is 78. The predicted molar refractivity (Wildman–Crippen MR) is 405 cm³/mol. The van der Waals surface area contributed by atoms with E-state index in [4.69, 9.17) is 37.0 Å². The molecule has 0 aliphatic rings. The van der Waals surface area contributed by atoms with Crippen molar-refractivity contribution in [2.75, 3.05) is 39.6 Å². The lowest BCUT2D eigenvalue weighted by atomic mass is 9.99. The van der Waals surface area contributed by atoms with Gasteiger partial charge in [-0.05, 0) is 43.4 Å². The van der Waals surface area contributed by atoms with Gasteiger partial charge in [0.1, 0.15) is 19.3 Å². The Morgan fingerprint density at radius 2 is 0.515 bits per heavy atom. The van der Waals surface area contributed by atoms with Gasteiger partial charge in [-0.1, -0.05) is 363 Å². The van der Waals surface area contributed by atoms with Crippen LogP contribution >= 0.6 is 15.6 Å². The Labute approximate surface area is 607 Å². The Morgan fingerprint density at radius 3 is 0.768 bits per heavy atom. The Hall–Kier alpha value is -1.94. The highest BCUT2D eigenvalue weighted by molar-refractivity contribution is 7.47. The molecule has 0 aliphatic carbocycles. The summed E-state index contributed by atoms with van der Waals surface area (Å²) in [5, 5.41) is 10.6. The average Bonchev–Trinajstić information content (AvgIpc) is 1.01. The molecule has 0 saturated carbocycles. The van der Waals surface area contributed by atoms with Crippen LogP contribution in [0.5, 0.6) is 0 Å². The molecule has 3 N–H and O–H groups in total. The van der Waals surface area contributed by atoms with Gasteiger partial charge >= 0.3 is 39.5 Å². The van der Waals surface area contributed by atoms with E-state index in [1.54, 1.807) is 0 Å². The first-order valence-corrected chi connectivity index (χ1v) is 44.4. The number of carbonyl (C=O) groups excluding carboxylic acids is 4. The van der Waals surface area contributed by atoms with Crippen molar-refractivity contribution >= 4 is 39.5 Å². The summed E-state index contributed by atoms with van der Waals surface area (Å²) in [6.07, 6.45) is 58.4. The molecule has 0 aliphatic heterocycles. The third kappa shape index (κ3) is 72.8. The lowest BCUT2D eigenvalue weighted by Crippen LogP contribution is -2.30. The van der Waals surface area contributed by atoms with Crippen LogP contribution in [0.4, 0.5) is 0 Å². The number of aliphatic hydroxyl groups excluding tert-OH is 1. The van der Waals surface area contributed by atoms with E-state index in [9.17, 15) is 43.2 Å². The van der Waals surface area contributed by atoms with Gasteiger partial charge in [0.05, 0.1) is 26.4 Å². The number of carbonyl (C=O) groups is 4. The molecule has 0 amide bonds. The number of unbranched alkanes of at least 4 members (excludes halogenated alkanes) is 45. The van der Waals surface area contributed by atoms with Crippen molar-refractivity contribution in [1.29, 1.82) is 0 Å². The van der Waals surface area contributed by atoms with Gasteiger partial charge in [-0.15, -0.1) is 0 Å². The topological polar surface area (TPSA) is 237 Å². The van der Waals surface area contributed by atoms with Crippen molar-refractivity contribution in [2.45, 2.75) is 433 Å². The van der Waals surface area contributed by atoms with E-state index in [0.29, 0.717) is 25.7 Å². The van der Waals surface area contributed by atoms with Crippen molar-refractivity contribution in [3.05, 3.63) is 0 Å². The molecule has 0 bridgehead atoms. The van der Waals surface area contributed by atoms with E-state index < -0.39 is 97.5 Å². The van der Waals surface area contributed by atoms with E-state index in [0.717, 1.165) is 108 Å². The number of esters is 4. The molecule has 588 valence electrons. The molecule has 0 rings (SSSR count). The summed E-state index contributed by atoms with van der Waals surface area (Å²) >= 11 is 0. The number of aliphatic hydroxyl groups is 1. The predicted octanol–water partition coefficient (Wildman–Crippen LogP) is 23.7. The quantitative estimate of drug-likeness (QED) is 0.0222. The van der Waals surface area contributed by atoms with Gasteiger partial charge in [0, 0.05) is 25.7 Å². The van der Waals surface area contributed by atoms with Crippen LogP contribution in [0.1, 0.15) is 414 Å². The fraction of sp³-hybridized carbons (Fsp3) is 0.950. The molecule has 0 heterocycles. The monoisotopic (exact) mass is 1450 g/mol. The van der Waals surface area contributed by atoms with Gasteiger partial charge in [0.15, 0.2) is 12.2 Å². The largest absolute Gasteiger partial charge is 0.472 e. The number of phosphoric acid groups is 2. The number of hydrogen-bond donors (Lipinski definition) is 3. The van der Waals surface area contributed by atoms with E-state index >= 15 is 0 Å². The van der Waals surface area contributed by atoms with Crippen LogP contribution in [-0.2, 0) is 65.4 Å². The Morgan fingerprint density at radius 1 is 0.293 bits per heavy atom. The highest BCUT2D eigenvalue weighted by Gasteiger charge is 2.30. The van der Waals surface area contributed by atoms with Crippen LogP contribution in [0.3, 0.4) is 0 Å². The van der Waals surface area contributed by atoms with E-state index in [-0.39, 0.29) is 25.7 Å². The smallest absolute Gasteiger partial charge is 0.462 e. The molecule has 3 unspecified atom stereocenters. The van der Waals surface area contributed by atoms with Gasteiger partial charge in [-0.2, -0.15) is 0 Å².